The van der Waals surface area contributed by atoms with Crippen LogP contribution in [0.5, 0.6) is 0 Å². The van der Waals surface area contributed by atoms with Crippen molar-refractivity contribution in [3.05, 3.63) is 54.1 Å². The molecule has 0 bridgehead atoms. The number of benzene rings is 1. The highest BCUT2D eigenvalue weighted by Gasteiger charge is 2.38. The van der Waals surface area contributed by atoms with Crippen molar-refractivity contribution in [2.24, 2.45) is 5.41 Å². The number of hydrogen-bond acceptors (Lipinski definition) is 1. The first-order valence-electron chi connectivity index (χ1n) is 6.14. The van der Waals surface area contributed by atoms with Gasteiger partial charge in [-0.3, -0.25) is 0 Å². The minimum absolute atomic E-state index is 0.0886. The Morgan fingerprint density at radius 3 is 2.76 bits per heavy atom. The van der Waals surface area contributed by atoms with Gasteiger partial charge in [-0.15, -0.1) is 0 Å². The van der Waals surface area contributed by atoms with Gasteiger partial charge in [0.15, 0.2) is 0 Å². The van der Waals surface area contributed by atoms with Crippen molar-refractivity contribution in [3.63, 3.8) is 0 Å². The van der Waals surface area contributed by atoms with Gasteiger partial charge in [0.25, 0.3) is 0 Å². The summed E-state index contributed by atoms with van der Waals surface area (Å²) in [7, 11) is 0. The maximum Gasteiger partial charge on any atom is 0.0850 e. The highest BCUT2D eigenvalue weighted by molar-refractivity contribution is 5.50. The van der Waals surface area contributed by atoms with E-state index in [1.54, 1.807) is 0 Å². The van der Waals surface area contributed by atoms with Crippen molar-refractivity contribution in [1.29, 1.82) is 0 Å². The standard InChI is InChI=1S/C16H20O/c1-13(2)16(3)11-12-17-15(16)10-9-14-7-5-4-6-8-14/h4-10,15H,1,11-12H2,2-3H3/b10-9+/t15-,16+/m1/s1. The number of rotatable bonds is 3. The zero-order valence-corrected chi connectivity index (χ0v) is 10.6. The second-order valence-electron chi connectivity index (χ2n) is 5.01. The van der Waals surface area contributed by atoms with Crippen LogP contribution >= 0.6 is 0 Å². The Hall–Kier alpha value is -1.34. The summed E-state index contributed by atoms with van der Waals surface area (Å²) >= 11 is 0. The lowest BCUT2D eigenvalue weighted by Crippen LogP contribution is -2.26. The van der Waals surface area contributed by atoms with Crippen LogP contribution in [0, 0.1) is 5.41 Å². The van der Waals surface area contributed by atoms with Crippen LogP contribution in [-0.2, 0) is 4.74 Å². The first-order chi connectivity index (χ1) is 8.13. The van der Waals surface area contributed by atoms with Crippen molar-refractivity contribution < 1.29 is 4.74 Å². The highest BCUT2D eigenvalue weighted by Crippen LogP contribution is 2.41. The zero-order valence-electron chi connectivity index (χ0n) is 10.6. The molecule has 0 spiro atoms. The van der Waals surface area contributed by atoms with Gasteiger partial charge in [0.2, 0.25) is 0 Å². The van der Waals surface area contributed by atoms with Gasteiger partial charge in [0, 0.05) is 12.0 Å². The molecule has 1 saturated heterocycles. The summed E-state index contributed by atoms with van der Waals surface area (Å²) in [5.74, 6) is 0. The number of hydrogen-bond donors (Lipinski definition) is 0. The van der Waals surface area contributed by atoms with Crippen molar-refractivity contribution in [2.75, 3.05) is 6.61 Å². The maximum absolute atomic E-state index is 5.80. The van der Waals surface area contributed by atoms with Crippen LogP contribution in [-0.4, -0.2) is 12.7 Å². The molecule has 0 radical (unpaired) electrons. The summed E-state index contributed by atoms with van der Waals surface area (Å²) in [6.07, 6.45) is 5.51. The third-order valence-electron chi connectivity index (χ3n) is 3.78. The van der Waals surface area contributed by atoms with E-state index in [1.165, 1.54) is 11.1 Å². The SMILES string of the molecule is C=C(C)[C@]1(C)CCO[C@@H]1/C=C/c1ccccc1. The fraction of sp³-hybridized carbons (Fsp3) is 0.375. The molecular weight excluding hydrogens is 208 g/mol. The smallest absolute Gasteiger partial charge is 0.0850 e. The van der Waals surface area contributed by atoms with Crippen LogP contribution in [0.4, 0.5) is 0 Å². The predicted molar refractivity (Wildman–Crippen MR) is 72.8 cm³/mol. The minimum atomic E-state index is 0.0886. The summed E-state index contributed by atoms with van der Waals surface area (Å²) in [4.78, 5) is 0. The largest absolute Gasteiger partial charge is 0.373 e. The fourth-order valence-electron chi connectivity index (χ4n) is 2.21. The molecule has 1 fully saturated rings. The summed E-state index contributed by atoms with van der Waals surface area (Å²) in [5.41, 5.74) is 2.51. The Labute approximate surface area is 104 Å². The molecule has 1 aromatic carbocycles. The second-order valence-corrected chi connectivity index (χ2v) is 5.01. The Balaban J connectivity index is 2.14. The molecule has 0 unspecified atom stereocenters. The average molecular weight is 228 g/mol. The second kappa shape index (κ2) is 4.89. The van der Waals surface area contributed by atoms with Gasteiger partial charge in [-0.2, -0.15) is 0 Å². The number of ether oxygens (including phenoxy) is 1. The first-order valence-corrected chi connectivity index (χ1v) is 6.14. The van der Waals surface area contributed by atoms with E-state index in [-0.39, 0.29) is 11.5 Å². The molecule has 1 aliphatic rings. The Morgan fingerprint density at radius 1 is 1.41 bits per heavy atom. The molecule has 0 amide bonds. The fourth-order valence-corrected chi connectivity index (χ4v) is 2.21. The van der Waals surface area contributed by atoms with Gasteiger partial charge in [-0.05, 0) is 18.9 Å². The minimum Gasteiger partial charge on any atom is -0.373 e. The molecular formula is C16H20O. The summed E-state index contributed by atoms with van der Waals surface area (Å²) in [5, 5.41) is 0. The van der Waals surface area contributed by atoms with Gasteiger partial charge in [0.1, 0.15) is 0 Å². The van der Waals surface area contributed by atoms with Crippen LogP contribution in [0.25, 0.3) is 6.08 Å². The van der Waals surface area contributed by atoms with Gasteiger partial charge in [-0.25, -0.2) is 0 Å². The third-order valence-corrected chi connectivity index (χ3v) is 3.78. The van der Waals surface area contributed by atoms with Crippen LogP contribution in [0.15, 0.2) is 48.6 Å². The monoisotopic (exact) mass is 228 g/mol. The normalized spacial score (nSPS) is 28.7. The van der Waals surface area contributed by atoms with Crippen molar-refractivity contribution in [2.45, 2.75) is 26.4 Å². The van der Waals surface area contributed by atoms with E-state index in [4.69, 9.17) is 4.74 Å². The van der Waals surface area contributed by atoms with Crippen LogP contribution in [0.3, 0.4) is 0 Å². The quantitative estimate of drug-likeness (QED) is 0.709. The molecule has 0 aliphatic carbocycles. The van der Waals surface area contributed by atoms with Gasteiger partial charge in [-0.1, -0.05) is 61.6 Å². The van der Waals surface area contributed by atoms with Crippen molar-refractivity contribution >= 4 is 6.08 Å². The van der Waals surface area contributed by atoms with Crippen LogP contribution < -0.4 is 0 Å². The van der Waals surface area contributed by atoms with E-state index >= 15 is 0 Å². The molecule has 0 saturated carbocycles. The summed E-state index contributed by atoms with van der Waals surface area (Å²) < 4.78 is 5.80. The van der Waals surface area contributed by atoms with Gasteiger partial charge in [0.05, 0.1) is 6.10 Å². The zero-order chi connectivity index (χ0) is 12.3. The summed E-state index contributed by atoms with van der Waals surface area (Å²) in [6.45, 7) is 9.26. The van der Waals surface area contributed by atoms with Crippen LogP contribution in [0.1, 0.15) is 25.8 Å². The topological polar surface area (TPSA) is 9.23 Å². The van der Waals surface area contributed by atoms with Crippen molar-refractivity contribution in [3.8, 4) is 0 Å². The summed E-state index contributed by atoms with van der Waals surface area (Å²) in [6, 6.07) is 10.3. The van der Waals surface area contributed by atoms with E-state index in [0.717, 1.165) is 13.0 Å². The van der Waals surface area contributed by atoms with Gasteiger partial charge >= 0.3 is 0 Å². The van der Waals surface area contributed by atoms with Crippen molar-refractivity contribution in [1.82, 2.24) is 0 Å². The molecule has 90 valence electrons. The van der Waals surface area contributed by atoms with E-state index in [0.29, 0.717) is 0 Å². The Morgan fingerprint density at radius 2 is 2.12 bits per heavy atom. The lowest BCUT2D eigenvalue weighted by Gasteiger charge is -2.28. The predicted octanol–water partition coefficient (Wildman–Crippen LogP) is 4.07. The van der Waals surface area contributed by atoms with Crippen LogP contribution in [0.2, 0.25) is 0 Å². The van der Waals surface area contributed by atoms with E-state index in [1.807, 2.05) is 18.2 Å². The molecule has 2 atom stereocenters. The molecule has 1 heteroatoms. The van der Waals surface area contributed by atoms with E-state index in [2.05, 4.69) is 44.7 Å². The molecule has 1 nitrogen and oxygen atoms in total. The lowest BCUT2D eigenvalue weighted by atomic mass is 9.77. The van der Waals surface area contributed by atoms with E-state index < -0.39 is 0 Å². The third kappa shape index (κ3) is 2.50. The molecule has 2 rings (SSSR count). The Bertz CT molecular complexity index is 418. The molecule has 0 N–H and O–H groups in total. The first kappa shape index (κ1) is 12.1. The highest BCUT2D eigenvalue weighted by atomic mass is 16.5. The molecule has 1 aliphatic heterocycles. The lowest BCUT2D eigenvalue weighted by molar-refractivity contribution is 0.110. The van der Waals surface area contributed by atoms with Gasteiger partial charge < -0.3 is 4.74 Å². The molecule has 1 heterocycles. The molecule has 0 aromatic heterocycles. The average Bonchev–Trinajstić information content (AvgIpc) is 2.71. The molecule has 17 heavy (non-hydrogen) atoms. The Kier molecular flexibility index (Phi) is 3.49. The van der Waals surface area contributed by atoms with E-state index in [9.17, 15) is 0 Å². The maximum atomic E-state index is 5.80. The molecule has 1 aromatic rings.